The van der Waals surface area contributed by atoms with Gasteiger partial charge in [0.1, 0.15) is 24.1 Å². The second-order valence-corrected chi connectivity index (χ2v) is 18.4. The number of fused-ring (bicyclic) bond motifs is 3. The highest BCUT2D eigenvalue weighted by Crippen LogP contribution is 2.40. The number of piperazine rings is 2. The van der Waals surface area contributed by atoms with Crippen molar-refractivity contribution in [3.63, 3.8) is 0 Å². The third kappa shape index (κ3) is 8.59. The molecule has 5 fully saturated rings. The van der Waals surface area contributed by atoms with Gasteiger partial charge in [-0.3, -0.25) is 39.1 Å². The molecule has 10 rings (SSSR count). The first-order valence-electron chi connectivity index (χ1n) is 23.4. The quantitative estimate of drug-likeness (QED) is 0.173. The van der Waals surface area contributed by atoms with Crippen LogP contribution in [0.4, 0.5) is 22.9 Å². The number of nitrogens with zero attached hydrogens (tertiary/aromatic N) is 8. The maximum Gasteiger partial charge on any atom is 0.262 e. The minimum absolute atomic E-state index is 0.0826. The van der Waals surface area contributed by atoms with Crippen molar-refractivity contribution in [2.45, 2.75) is 69.5 Å². The van der Waals surface area contributed by atoms with E-state index in [1.165, 1.54) is 0 Å². The van der Waals surface area contributed by atoms with E-state index in [2.05, 4.69) is 53.3 Å². The molecule has 2 bridgehead atoms. The molecule has 17 nitrogen and oxygen atoms in total. The number of hydrogen-bond donors (Lipinski definition) is 3. The molecule has 0 aliphatic carbocycles. The van der Waals surface area contributed by atoms with Crippen LogP contribution in [0.3, 0.4) is 0 Å². The maximum atomic E-state index is 13.3. The van der Waals surface area contributed by atoms with Crippen LogP contribution < -0.4 is 30.5 Å². The van der Waals surface area contributed by atoms with E-state index in [-0.39, 0.29) is 35.6 Å². The number of carbonyl (C=O) groups excluding carboxylic acids is 5. The summed E-state index contributed by atoms with van der Waals surface area (Å²) in [4.78, 5) is 76.3. The molecule has 344 valence electrons. The van der Waals surface area contributed by atoms with Gasteiger partial charge < -0.3 is 35.2 Å². The van der Waals surface area contributed by atoms with Crippen LogP contribution in [0.1, 0.15) is 72.1 Å². The van der Waals surface area contributed by atoms with Crippen LogP contribution >= 0.6 is 0 Å². The number of aromatic hydroxyl groups is 1. The summed E-state index contributed by atoms with van der Waals surface area (Å²) in [6.07, 6.45) is 5.59. The summed E-state index contributed by atoms with van der Waals surface area (Å²) in [6, 6.07) is 22.4. The predicted octanol–water partition coefficient (Wildman–Crippen LogP) is 3.91. The maximum absolute atomic E-state index is 13.3. The predicted molar refractivity (Wildman–Crippen MR) is 247 cm³/mol. The van der Waals surface area contributed by atoms with Crippen LogP contribution in [-0.2, 0) is 14.4 Å². The number of amides is 5. The number of para-hydroxylation sites is 1. The van der Waals surface area contributed by atoms with E-state index in [4.69, 9.17) is 10.5 Å². The molecule has 3 unspecified atom stereocenters. The second-order valence-electron chi connectivity index (χ2n) is 18.4. The first-order valence-corrected chi connectivity index (χ1v) is 23.4. The zero-order valence-corrected chi connectivity index (χ0v) is 37.0. The molecule has 1 aromatic heterocycles. The highest BCUT2D eigenvalue weighted by molar-refractivity contribution is 6.23. The number of benzene rings is 3. The van der Waals surface area contributed by atoms with Crippen LogP contribution in [0.2, 0.25) is 0 Å². The fourth-order valence-electron chi connectivity index (χ4n) is 10.9. The summed E-state index contributed by atoms with van der Waals surface area (Å²) in [5, 5.41) is 21.2. The lowest BCUT2D eigenvalue weighted by atomic mass is 9.91. The van der Waals surface area contributed by atoms with Crippen molar-refractivity contribution >= 4 is 52.4 Å². The molecule has 3 aromatic carbocycles. The lowest BCUT2D eigenvalue weighted by Gasteiger charge is -2.43. The monoisotopic (exact) mass is 896 g/mol. The van der Waals surface area contributed by atoms with Crippen LogP contribution in [0.25, 0.3) is 11.3 Å². The number of phenolic OH excluding ortho intramolecular Hbond substituents is 1. The largest absolute Gasteiger partial charge is 0.507 e. The minimum Gasteiger partial charge on any atom is -0.507 e. The van der Waals surface area contributed by atoms with E-state index in [0.717, 1.165) is 106 Å². The molecule has 0 radical (unpaired) electrons. The van der Waals surface area contributed by atoms with Gasteiger partial charge in [-0.2, -0.15) is 0 Å². The Labute approximate surface area is 383 Å². The summed E-state index contributed by atoms with van der Waals surface area (Å²) in [7, 11) is 0. The number of aromatic nitrogens is 2. The number of anilines is 4. The Balaban J connectivity index is 0.645. The summed E-state index contributed by atoms with van der Waals surface area (Å²) in [5.74, 6) is 0.00884. The number of hydrogen-bond acceptors (Lipinski definition) is 14. The molecule has 4 N–H and O–H groups in total. The highest BCUT2D eigenvalue weighted by Gasteiger charge is 2.45. The molecule has 0 saturated carbocycles. The fraction of sp³-hybridized carbons (Fsp3) is 0.449. The van der Waals surface area contributed by atoms with Crippen molar-refractivity contribution in [1.29, 1.82) is 0 Å². The van der Waals surface area contributed by atoms with Crippen molar-refractivity contribution in [3.8, 4) is 22.8 Å². The van der Waals surface area contributed by atoms with E-state index in [9.17, 15) is 29.1 Å². The number of imide groups is 2. The zero-order valence-electron chi connectivity index (χ0n) is 37.0. The number of carbonyl (C=O) groups is 5. The van der Waals surface area contributed by atoms with Gasteiger partial charge in [-0.05, 0) is 93.0 Å². The van der Waals surface area contributed by atoms with Gasteiger partial charge in [0.25, 0.3) is 11.8 Å². The summed E-state index contributed by atoms with van der Waals surface area (Å²) < 4.78 is 6.31. The minimum atomic E-state index is -0.986. The Morgan fingerprint density at radius 2 is 1.52 bits per heavy atom. The summed E-state index contributed by atoms with van der Waals surface area (Å²) in [5.41, 5.74) is 11.0. The molecule has 5 saturated heterocycles. The van der Waals surface area contributed by atoms with Crippen molar-refractivity contribution < 1.29 is 33.8 Å². The van der Waals surface area contributed by atoms with Crippen molar-refractivity contribution in [3.05, 3.63) is 83.9 Å². The van der Waals surface area contributed by atoms with Crippen LogP contribution in [0, 0.1) is 5.92 Å². The Morgan fingerprint density at radius 3 is 2.27 bits per heavy atom. The lowest BCUT2D eigenvalue weighted by molar-refractivity contribution is -0.136. The smallest absolute Gasteiger partial charge is 0.262 e. The number of nitrogens with two attached hydrogens (primary N) is 1. The molecule has 5 amide bonds. The van der Waals surface area contributed by atoms with Gasteiger partial charge in [-0.1, -0.05) is 18.2 Å². The molecular weight excluding hydrogens is 841 g/mol. The topological polar surface area (TPSA) is 198 Å². The Kier molecular flexibility index (Phi) is 11.9. The van der Waals surface area contributed by atoms with Gasteiger partial charge in [-0.25, -0.2) is 0 Å². The third-order valence-electron chi connectivity index (χ3n) is 14.5. The molecule has 66 heavy (non-hydrogen) atoms. The second kappa shape index (κ2) is 18.3. The summed E-state index contributed by atoms with van der Waals surface area (Å²) in [6.45, 7) is 7.55. The van der Waals surface area contributed by atoms with E-state index in [1.807, 2.05) is 35.2 Å². The van der Waals surface area contributed by atoms with Crippen LogP contribution in [0.5, 0.6) is 11.5 Å². The highest BCUT2D eigenvalue weighted by atomic mass is 16.5. The molecule has 4 aromatic rings. The molecule has 3 atom stereocenters. The zero-order chi connectivity index (χ0) is 45.5. The van der Waals surface area contributed by atoms with E-state index in [0.29, 0.717) is 61.2 Å². The first kappa shape index (κ1) is 43.2. The van der Waals surface area contributed by atoms with Crippen molar-refractivity contribution in [2.75, 3.05) is 85.9 Å². The van der Waals surface area contributed by atoms with Gasteiger partial charge in [-0.15, -0.1) is 10.2 Å². The van der Waals surface area contributed by atoms with Crippen LogP contribution in [0.15, 0.2) is 72.8 Å². The van der Waals surface area contributed by atoms with E-state index in [1.54, 1.807) is 24.3 Å². The molecule has 6 aliphatic heterocycles. The standard InChI is InChI=1S/C49H56N10O7/c50-46-42(28-40(52-53-46)38-6-1-2-7-43(38)60)57-29-34-9-10-35(30-57)58(34)33-4-3-5-36(26-33)66-25-24-54-20-22-56(23-21-54)45(62)15-8-31-16-18-55(19-17-31)32-11-12-37-39(27-32)49(65)59(48(37)64)41-13-14-44(61)51-47(41)63/h1-7,11-12,26-28,31,34-35,41,60H,8-10,13-25,29-30H2,(H2,50,53)(H,51,61,63). The normalized spacial score (nSPS) is 22.5. The number of nitrogen functional groups attached to an aromatic ring is 1. The van der Waals surface area contributed by atoms with Crippen LogP contribution in [-0.4, -0.2) is 143 Å². The number of nitrogens with one attached hydrogen (secondary N) is 1. The Morgan fingerprint density at radius 1 is 0.758 bits per heavy atom. The lowest BCUT2D eigenvalue weighted by Crippen LogP contribution is -2.54. The van der Waals surface area contributed by atoms with Gasteiger partial charge in [0.2, 0.25) is 17.7 Å². The summed E-state index contributed by atoms with van der Waals surface area (Å²) >= 11 is 0. The molecule has 7 heterocycles. The van der Waals surface area contributed by atoms with Crippen molar-refractivity contribution in [2.24, 2.45) is 5.92 Å². The molecule has 0 spiro atoms. The van der Waals surface area contributed by atoms with Gasteiger partial charge in [0.15, 0.2) is 5.82 Å². The number of phenols is 1. The average molecular weight is 897 g/mol. The van der Waals surface area contributed by atoms with Gasteiger partial charge >= 0.3 is 0 Å². The van der Waals surface area contributed by atoms with Crippen molar-refractivity contribution in [1.82, 2.24) is 30.2 Å². The first-order chi connectivity index (χ1) is 32.1. The average Bonchev–Trinajstić information content (AvgIpc) is 3.74. The SMILES string of the molecule is Nc1nnc(-c2ccccc2O)cc1N1CC2CCC(C1)N2c1cccc(OCCN2CCN(C(=O)CCC3CCN(c4ccc5c(c4)C(=O)N(C4CCC(=O)NC4=O)C5=O)CC3)CC2)c1. The third-order valence-corrected chi connectivity index (χ3v) is 14.5. The van der Waals surface area contributed by atoms with Gasteiger partial charge in [0, 0.05) is 107 Å². The van der Waals surface area contributed by atoms with Gasteiger partial charge in [0.05, 0.1) is 22.5 Å². The fourth-order valence-corrected chi connectivity index (χ4v) is 10.9. The van der Waals surface area contributed by atoms with E-state index < -0.39 is 29.7 Å². The molecule has 6 aliphatic rings. The number of ether oxygens (including phenoxy) is 1. The van der Waals surface area contributed by atoms with E-state index >= 15 is 0 Å². The number of rotatable bonds is 12. The molecule has 17 heteroatoms. The number of piperidine rings is 2. The molecular formula is C49H56N10O7. The Bertz CT molecular complexity index is 2530. The Hall–Kier alpha value is -6.75.